The van der Waals surface area contributed by atoms with Crippen LogP contribution in [0, 0.1) is 5.82 Å². The molecule has 0 spiro atoms. The molecular formula is C11H11FN4O2. The first-order valence-electron chi connectivity index (χ1n) is 5.02. The maximum absolute atomic E-state index is 13.5. The van der Waals surface area contributed by atoms with Crippen molar-refractivity contribution in [3.05, 3.63) is 35.8 Å². The van der Waals surface area contributed by atoms with E-state index in [2.05, 4.69) is 5.10 Å². The zero-order valence-corrected chi connectivity index (χ0v) is 9.55. The molecule has 0 bridgehead atoms. The molecule has 7 heteroatoms. The lowest BCUT2D eigenvalue weighted by Crippen LogP contribution is -2.13. The van der Waals surface area contributed by atoms with E-state index in [0.717, 1.165) is 0 Å². The lowest BCUT2D eigenvalue weighted by atomic mass is 10.2. The molecule has 6 nitrogen and oxygen atoms in total. The molecule has 1 heterocycles. The average Bonchev–Trinajstić information content (AvgIpc) is 2.70. The Morgan fingerprint density at radius 1 is 1.50 bits per heavy atom. The molecule has 0 atom stereocenters. The quantitative estimate of drug-likeness (QED) is 0.838. The number of nitrogens with two attached hydrogens (primary N) is 2. The van der Waals surface area contributed by atoms with E-state index in [9.17, 15) is 9.18 Å². The molecule has 2 aromatic rings. The molecule has 0 saturated carbocycles. The van der Waals surface area contributed by atoms with Gasteiger partial charge in [0.25, 0.3) is 5.91 Å². The normalized spacial score (nSPS) is 10.3. The van der Waals surface area contributed by atoms with Gasteiger partial charge in [0, 0.05) is 0 Å². The number of primary amides is 1. The number of carbonyl (C=O) groups is 1. The molecule has 0 aliphatic rings. The summed E-state index contributed by atoms with van der Waals surface area (Å²) in [6.45, 7) is 0. The van der Waals surface area contributed by atoms with Crippen LogP contribution in [0.2, 0.25) is 0 Å². The summed E-state index contributed by atoms with van der Waals surface area (Å²) < 4.78 is 19.7. The molecule has 1 aromatic heterocycles. The van der Waals surface area contributed by atoms with Gasteiger partial charge in [-0.15, -0.1) is 0 Å². The van der Waals surface area contributed by atoms with Crippen LogP contribution in [0.4, 0.5) is 10.2 Å². The number of para-hydroxylation sites is 1. The summed E-state index contributed by atoms with van der Waals surface area (Å²) in [5, 5.41) is 3.90. The molecular weight excluding hydrogens is 239 g/mol. The fraction of sp³-hybridized carbons (Fsp3) is 0.0909. The van der Waals surface area contributed by atoms with Crippen molar-refractivity contribution in [3.8, 4) is 11.4 Å². The van der Waals surface area contributed by atoms with Crippen molar-refractivity contribution in [2.45, 2.75) is 0 Å². The van der Waals surface area contributed by atoms with Crippen molar-refractivity contribution in [1.29, 1.82) is 0 Å². The number of carbonyl (C=O) groups excluding carboxylic acids is 1. The van der Waals surface area contributed by atoms with Crippen LogP contribution < -0.4 is 16.2 Å². The van der Waals surface area contributed by atoms with Gasteiger partial charge in [-0.25, -0.2) is 9.07 Å². The van der Waals surface area contributed by atoms with Gasteiger partial charge in [0.1, 0.15) is 17.1 Å². The van der Waals surface area contributed by atoms with Crippen molar-refractivity contribution in [3.63, 3.8) is 0 Å². The van der Waals surface area contributed by atoms with Crippen LogP contribution in [0.3, 0.4) is 0 Å². The second-order valence-corrected chi connectivity index (χ2v) is 3.51. The minimum Gasteiger partial charge on any atom is -0.492 e. The summed E-state index contributed by atoms with van der Waals surface area (Å²) in [5.41, 5.74) is 11.2. The number of anilines is 1. The Hall–Kier alpha value is -2.57. The van der Waals surface area contributed by atoms with Crippen LogP contribution in [-0.4, -0.2) is 22.8 Å². The van der Waals surface area contributed by atoms with Crippen molar-refractivity contribution < 1.29 is 13.9 Å². The zero-order valence-electron chi connectivity index (χ0n) is 9.55. The number of rotatable bonds is 3. The lowest BCUT2D eigenvalue weighted by molar-refractivity contribution is 0.100. The van der Waals surface area contributed by atoms with Gasteiger partial charge in [-0.3, -0.25) is 4.79 Å². The molecule has 0 unspecified atom stereocenters. The van der Waals surface area contributed by atoms with Crippen LogP contribution in [0.15, 0.2) is 24.4 Å². The Bertz CT molecular complexity index is 609. The average molecular weight is 250 g/mol. The van der Waals surface area contributed by atoms with Gasteiger partial charge in [0.15, 0.2) is 11.6 Å². The van der Waals surface area contributed by atoms with Gasteiger partial charge in [-0.1, -0.05) is 6.07 Å². The van der Waals surface area contributed by atoms with Crippen LogP contribution in [0.25, 0.3) is 5.69 Å². The summed E-state index contributed by atoms with van der Waals surface area (Å²) >= 11 is 0. The third-order valence-corrected chi connectivity index (χ3v) is 2.45. The fourth-order valence-electron chi connectivity index (χ4n) is 1.61. The standard InChI is InChI=1S/C11H11FN4O2/c1-18-9-7(12)3-2-4-8(9)16-10(13)6(5-15-16)11(14)17/h2-5H,13H2,1H3,(H2,14,17). The molecule has 0 fully saturated rings. The number of halogens is 1. The number of hydrogen-bond acceptors (Lipinski definition) is 4. The molecule has 0 aliphatic heterocycles. The van der Waals surface area contributed by atoms with Crippen LogP contribution in [0.5, 0.6) is 5.75 Å². The highest BCUT2D eigenvalue weighted by molar-refractivity contribution is 5.97. The highest BCUT2D eigenvalue weighted by atomic mass is 19.1. The minimum absolute atomic E-state index is 0.0108. The van der Waals surface area contributed by atoms with E-state index < -0.39 is 11.7 Å². The van der Waals surface area contributed by atoms with Gasteiger partial charge in [0.2, 0.25) is 0 Å². The number of aromatic nitrogens is 2. The third kappa shape index (κ3) is 1.75. The van der Waals surface area contributed by atoms with Gasteiger partial charge < -0.3 is 16.2 Å². The summed E-state index contributed by atoms with van der Waals surface area (Å²) in [5.74, 6) is -1.23. The van der Waals surface area contributed by atoms with Crippen molar-refractivity contribution in [2.24, 2.45) is 5.73 Å². The van der Waals surface area contributed by atoms with Gasteiger partial charge in [0.05, 0.1) is 13.3 Å². The summed E-state index contributed by atoms with van der Waals surface area (Å²) in [6.07, 6.45) is 1.22. The van der Waals surface area contributed by atoms with E-state index in [4.69, 9.17) is 16.2 Å². The largest absolute Gasteiger partial charge is 0.492 e. The number of nitrogen functional groups attached to an aromatic ring is 1. The molecule has 2 rings (SSSR count). The second-order valence-electron chi connectivity index (χ2n) is 3.51. The lowest BCUT2D eigenvalue weighted by Gasteiger charge is -2.10. The predicted octanol–water partition coefficient (Wildman–Crippen LogP) is 0.701. The number of amides is 1. The Kier molecular flexibility index (Phi) is 2.88. The minimum atomic E-state index is -0.700. The van der Waals surface area contributed by atoms with Crippen LogP contribution in [0.1, 0.15) is 10.4 Å². The first-order chi connectivity index (χ1) is 8.56. The van der Waals surface area contributed by atoms with Crippen molar-refractivity contribution in [1.82, 2.24) is 9.78 Å². The van der Waals surface area contributed by atoms with E-state index in [-0.39, 0.29) is 17.1 Å². The van der Waals surface area contributed by atoms with E-state index in [0.29, 0.717) is 5.69 Å². The summed E-state index contributed by atoms with van der Waals surface area (Å²) in [4.78, 5) is 11.1. The molecule has 0 radical (unpaired) electrons. The highest BCUT2D eigenvalue weighted by Gasteiger charge is 2.17. The Morgan fingerprint density at radius 3 is 2.78 bits per heavy atom. The van der Waals surface area contributed by atoms with Crippen LogP contribution in [-0.2, 0) is 0 Å². The number of hydrogen-bond donors (Lipinski definition) is 2. The maximum atomic E-state index is 13.5. The van der Waals surface area contributed by atoms with Crippen LogP contribution >= 0.6 is 0 Å². The summed E-state index contributed by atoms with van der Waals surface area (Å²) in [7, 11) is 1.33. The Labute approximate surface area is 102 Å². The van der Waals surface area contributed by atoms with Gasteiger partial charge >= 0.3 is 0 Å². The second kappa shape index (κ2) is 4.36. The topological polar surface area (TPSA) is 96.2 Å². The molecule has 1 amide bonds. The van der Waals surface area contributed by atoms with E-state index in [1.54, 1.807) is 6.07 Å². The molecule has 94 valence electrons. The molecule has 4 N–H and O–H groups in total. The smallest absolute Gasteiger partial charge is 0.254 e. The Balaban J connectivity index is 2.63. The monoisotopic (exact) mass is 250 g/mol. The SMILES string of the molecule is COc1c(F)cccc1-n1ncc(C(N)=O)c1N. The molecule has 0 saturated heterocycles. The number of benzene rings is 1. The Morgan fingerprint density at radius 2 is 2.22 bits per heavy atom. The van der Waals surface area contributed by atoms with Gasteiger partial charge in [-0.05, 0) is 12.1 Å². The number of ether oxygens (including phenoxy) is 1. The molecule has 1 aromatic carbocycles. The molecule has 0 aliphatic carbocycles. The number of methoxy groups -OCH3 is 1. The number of nitrogens with zero attached hydrogens (tertiary/aromatic N) is 2. The molecule has 18 heavy (non-hydrogen) atoms. The van der Waals surface area contributed by atoms with Crippen molar-refractivity contribution in [2.75, 3.05) is 12.8 Å². The van der Waals surface area contributed by atoms with E-state index in [1.165, 1.54) is 30.1 Å². The van der Waals surface area contributed by atoms with E-state index >= 15 is 0 Å². The zero-order chi connectivity index (χ0) is 13.3. The van der Waals surface area contributed by atoms with Gasteiger partial charge in [-0.2, -0.15) is 5.10 Å². The first-order valence-corrected chi connectivity index (χ1v) is 5.02. The summed E-state index contributed by atoms with van der Waals surface area (Å²) in [6, 6.07) is 4.30. The third-order valence-electron chi connectivity index (χ3n) is 2.45. The first kappa shape index (κ1) is 11.9. The van der Waals surface area contributed by atoms with Crippen molar-refractivity contribution >= 4 is 11.7 Å². The van der Waals surface area contributed by atoms with E-state index in [1.807, 2.05) is 0 Å². The predicted molar refractivity (Wildman–Crippen MR) is 63.0 cm³/mol. The highest BCUT2D eigenvalue weighted by Crippen LogP contribution is 2.28. The maximum Gasteiger partial charge on any atom is 0.254 e. The fourth-order valence-corrected chi connectivity index (χ4v) is 1.61.